The lowest BCUT2D eigenvalue weighted by atomic mass is 10.2. The molecule has 0 saturated carbocycles. The van der Waals surface area contributed by atoms with Crippen molar-refractivity contribution in [1.82, 2.24) is 4.98 Å². The molecule has 0 bridgehead atoms. The van der Waals surface area contributed by atoms with Crippen molar-refractivity contribution in [2.24, 2.45) is 5.84 Å². The molecule has 0 spiro atoms. The van der Waals surface area contributed by atoms with E-state index < -0.39 is 0 Å². The van der Waals surface area contributed by atoms with Crippen LogP contribution < -0.4 is 16.6 Å². The molecule has 104 valence electrons. The Balaban J connectivity index is 1.81. The Bertz CT molecular complexity index is 784. The van der Waals surface area contributed by atoms with Gasteiger partial charge in [-0.1, -0.05) is 18.2 Å². The maximum atomic E-state index is 12.2. The first-order chi connectivity index (χ1) is 10.3. The molecule has 0 aliphatic rings. The highest BCUT2D eigenvalue weighted by Crippen LogP contribution is 2.17. The van der Waals surface area contributed by atoms with Crippen molar-refractivity contribution in [1.29, 1.82) is 0 Å². The van der Waals surface area contributed by atoms with Gasteiger partial charge in [0.05, 0.1) is 17.4 Å². The Labute approximate surface area is 121 Å². The monoisotopic (exact) mass is 278 g/mol. The molecule has 0 atom stereocenters. The van der Waals surface area contributed by atoms with Crippen molar-refractivity contribution < 1.29 is 4.79 Å². The van der Waals surface area contributed by atoms with Gasteiger partial charge >= 0.3 is 0 Å². The van der Waals surface area contributed by atoms with E-state index in [2.05, 4.69) is 15.7 Å². The van der Waals surface area contributed by atoms with E-state index in [1.807, 2.05) is 30.3 Å². The maximum absolute atomic E-state index is 12.2. The van der Waals surface area contributed by atoms with Gasteiger partial charge in [0, 0.05) is 16.6 Å². The van der Waals surface area contributed by atoms with Gasteiger partial charge in [0.1, 0.15) is 0 Å². The van der Waals surface area contributed by atoms with Crippen LogP contribution in [0.3, 0.4) is 0 Å². The SMILES string of the molecule is NNc1ccc(C(=O)Nc2cnc3ccccc3c2)cc1. The normalized spacial score (nSPS) is 10.3. The third-order valence-electron chi connectivity index (χ3n) is 3.16. The number of hydrogen-bond donors (Lipinski definition) is 3. The Morgan fingerprint density at radius 3 is 2.52 bits per heavy atom. The summed E-state index contributed by atoms with van der Waals surface area (Å²) in [6.07, 6.45) is 1.65. The average Bonchev–Trinajstić information content (AvgIpc) is 2.55. The lowest BCUT2D eigenvalue weighted by Crippen LogP contribution is -2.12. The van der Waals surface area contributed by atoms with Crippen LogP contribution in [-0.4, -0.2) is 10.9 Å². The number of fused-ring (bicyclic) bond motifs is 1. The van der Waals surface area contributed by atoms with Gasteiger partial charge in [0.15, 0.2) is 0 Å². The van der Waals surface area contributed by atoms with Gasteiger partial charge in [-0.15, -0.1) is 0 Å². The highest BCUT2D eigenvalue weighted by molar-refractivity contribution is 6.05. The van der Waals surface area contributed by atoms with Crippen LogP contribution in [0.25, 0.3) is 10.9 Å². The zero-order chi connectivity index (χ0) is 14.7. The predicted octanol–water partition coefficient (Wildman–Crippen LogP) is 2.77. The van der Waals surface area contributed by atoms with E-state index in [1.54, 1.807) is 30.5 Å². The van der Waals surface area contributed by atoms with Gasteiger partial charge in [-0.3, -0.25) is 15.6 Å². The van der Waals surface area contributed by atoms with Gasteiger partial charge in [-0.05, 0) is 36.4 Å². The van der Waals surface area contributed by atoms with Crippen LogP contribution in [-0.2, 0) is 0 Å². The van der Waals surface area contributed by atoms with Crippen LogP contribution >= 0.6 is 0 Å². The van der Waals surface area contributed by atoms with E-state index in [9.17, 15) is 4.79 Å². The summed E-state index contributed by atoms with van der Waals surface area (Å²) in [5.74, 6) is 5.11. The van der Waals surface area contributed by atoms with Crippen molar-refractivity contribution in [3.8, 4) is 0 Å². The highest BCUT2D eigenvalue weighted by Gasteiger charge is 2.06. The second-order valence-corrected chi connectivity index (χ2v) is 4.59. The van der Waals surface area contributed by atoms with Crippen molar-refractivity contribution in [3.63, 3.8) is 0 Å². The van der Waals surface area contributed by atoms with Crippen LogP contribution in [0.4, 0.5) is 11.4 Å². The van der Waals surface area contributed by atoms with E-state index in [0.717, 1.165) is 16.6 Å². The Kier molecular flexibility index (Phi) is 3.49. The Morgan fingerprint density at radius 2 is 1.76 bits per heavy atom. The van der Waals surface area contributed by atoms with Crippen LogP contribution in [0.1, 0.15) is 10.4 Å². The summed E-state index contributed by atoms with van der Waals surface area (Å²) in [5.41, 5.74) is 5.39. The van der Waals surface area contributed by atoms with Gasteiger partial charge < -0.3 is 10.7 Å². The van der Waals surface area contributed by atoms with Crippen LogP contribution in [0, 0.1) is 0 Å². The zero-order valence-electron chi connectivity index (χ0n) is 11.2. The van der Waals surface area contributed by atoms with Crippen molar-refractivity contribution in [3.05, 3.63) is 66.4 Å². The maximum Gasteiger partial charge on any atom is 0.255 e. The number of nitrogens with zero attached hydrogens (tertiary/aromatic N) is 1. The van der Waals surface area contributed by atoms with Crippen molar-refractivity contribution in [2.45, 2.75) is 0 Å². The number of benzene rings is 2. The quantitative estimate of drug-likeness (QED) is 0.508. The molecule has 0 aliphatic heterocycles. The number of amides is 1. The van der Waals surface area contributed by atoms with Gasteiger partial charge in [-0.2, -0.15) is 0 Å². The molecule has 1 amide bonds. The molecule has 0 fully saturated rings. The van der Waals surface area contributed by atoms with E-state index in [0.29, 0.717) is 11.3 Å². The lowest BCUT2D eigenvalue weighted by molar-refractivity contribution is 0.102. The zero-order valence-corrected chi connectivity index (χ0v) is 11.2. The van der Waals surface area contributed by atoms with Crippen molar-refractivity contribution in [2.75, 3.05) is 10.7 Å². The molecule has 2 aromatic carbocycles. The minimum absolute atomic E-state index is 0.185. The number of rotatable bonds is 3. The average molecular weight is 278 g/mol. The summed E-state index contributed by atoms with van der Waals surface area (Å²) in [6, 6.07) is 16.6. The second-order valence-electron chi connectivity index (χ2n) is 4.59. The number of hydrogen-bond acceptors (Lipinski definition) is 4. The summed E-state index contributed by atoms with van der Waals surface area (Å²) in [7, 11) is 0. The molecule has 1 aromatic heterocycles. The Hall–Kier alpha value is -2.92. The summed E-state index contributed by atoms with van der Waals surface area (Å²) >= 11 is 0. The number of nitrogens with two attached hydrogens (primary N) is 1. The predicted molar refractivity (Wildman–Crippen MR) is 83.9 cm³/mol. The Morgan fingerprint density at radius 1 is 1.00 bits per heavy atom. The molecule has 4 N–H and O–H groups in total. The van der Waals surface area contributed by atoms with Crippen molar-refractivity contribution >= 4 is 28.2 Å². The summed E-state index contributed by atoms with van der Waals surface area (Å²) in [5, 5.41) is 3.82. The third-order valence-corrected chi connectivity index (χ3v) is 3.16. The molecule has 5 nitrogen and oxygen atoms in total. The van der Waals surface area contributed by atoms with Crippen LogP contribution in [0.15, 0.2) is 60.8 Å². The molecule has 21 heavy (non-hydrogen) atoms. The number of nitrogens with one attached hydrogen (secondary N) is 2. The second kappa shape index (κ2) is 5.60. The molecular formula is C16H14N4O. The summed E-state index contributed by atoms with van der Waals surface area (Å²) in [6.45, 7) is 0. The number of pyridine rings is 1. The molecule has 0 radical (unpaired) electrons. The van der Waals surface area contributed by atoms with E-state index >= 15 is 0 Å². The number of nitrogen functional groups attached to an aromatic ring is 1. The fourth-order valence-corrected chi connectivity index (χ4v) is 2.06. The molecule has 0 unspecified atom stereocenters. The standard InChI is InChI=1S/C16H14N4O/c17-20-13-7-5-11(6-8-13)16(21)19-14-9-12-3-1-2-4-15(12)18-10-14/h1-10,20H,17H2,(H,19,21). The molecule has 0 aliphatic carbocycles. The number of carbonyl (C=O) groups is 1. The topological polar surface area (TPSA) is 80.0 Å². The number of carbonyl (C=O) groups excluding carboxylic acids is 1. The molecule has 3 aromatic rings. The first kappa shape index (κ1) is 13.1. The molecular weight excluding hydrogens is 264 g/mol. The fraction of sp³-hybridized carbons (Fsp3) is 0. The number of anilines is 2. The van der Waals surface area contributed by atoms with E-state index in [1.165, 1.54) is 0 Å². The largest absolute Gasteiger partial charge is 0.324 e. The minimum Gasteiger partial charge on any atom is -0.324 e. The van der Waals surface area contributed by atoms with Crippen LogP contribution in [0.5, 0.6) is 0 Å². The number of aromatic nitrogens is 1. The minimum atomic E-state index is -0.185. The van der Waals surface area contributed by atoms with E-state index in [-0.39, 0.29) is 5.91 Å². The fourth-order valence-electron chi connectivity index (χ4n) is 2.06. The first-order valence-electron chi connectivity index (χ1n) is 6.49. The van der Waals surface area contributed by atoms with Gasteiger partial charge in [0.25, 0.3) is 5.91 Å². The third kappa shape index (κ3) is 2.82. The first-order valence-corrected chi connectivity index (χ1v) is 6.49. The smallest absolute Gasteiger partial charge is 0.255 e. The van der Waals surface area contributed by atoms with E-state index in [4.69, 9.17) is 5.84 Å². The van der Waals surface area contributed by atoms with Gasteiger partial charge in [-0.25, -0.2) is 0 Å². The summed E-state index contributed by atoms with van der Waals surface area (Å²) < 4.78 is 0. The number of para-hydroxylation sites is 1. The van der Waals surface area contributed by atoms with Gasteiger partial charge in [0.2, 0.25) is 0 Å². The lowest BCUT2D eigenvalue weighted by Gasteiger charge is -2.07. The molecule has 3 rings (SSSR count). The summed E-state index contributed by atoms with van der Waals surface area (Å²) in [4.78, 5) is 16.5. The molecule has 5 heteroatoms. The number of hydrazine groups is 1. The molecule has 0 saturated heterocycles. The highest BCUT2D eigenvalue weighted by atomic mass is 16.1. The molecule has 1 heterocycles. The van der Waals surface area contributed by atoms with Crippen LogP contribution in [0.2, 0.25) is 0 Å².